The summed E-state index contributed by atoms with van der Waals surface area (Å²) >= 11 is 0. The van der Waals surface area contributed by atoms with Crippen molar-refractivity contribution in [2.45, 2.75) is 32.6 Å². The topological polar surface area (TPSA) is 35.2 Å². The molecule has 0 saturated carbocycles. The highest BCUT2D eigenvalue weighted by Crippen LogP contribution is 2.30. The van der Waals surface area contributed by atoms with Crippen molar-refractivity contribution in [1.29, 1.82) is 0 Å². The van der Waals surface area contributed by atoms with E-state index in [1.165, 1.54) is 19.3 Å². The second-order valence-corrected chi connectivity index (χ2v) is 4.61. The van der Waals surface area contributed by atoms with Gasteiger partial charge in [0.25, 0.3) is 0 Å². The molecule has 2 aromatic carbocycles. The first-order chi connectivity index (χ1) is 8.83. The molecule has 0 aromatic heterocycles. The average Bonchev–Trinajstić information content (AvgIpc) is 2.41. The first-order valence-electron chi connectivity index (χ1n) is 6.73. The number of nitrogens with two attached hydrogens (primary N) is 1. The van der Waals surface area contributed by atoms with Gasteiger partial charge in [-0.1, -0.05) is 56.5 Å². The van der Waals surface area contributed by atoms with Crippen LogP contribution in [-0.2, 0) is 0 Å². The van der Waals surface area contributed by atoms with Gasteiger partial charge in [-0.15, -0.1) is 0 Å². The number of rotatable bonds is 6. The molecular formula is C16H21NO. The van der Waals surface area contributed by atoms with Gasteiger partial charge in [-0.2, -0.15) is 0 Å². The van der Waals surface area contributed by atoms with E-state index < -0.39 is 0 Å². The number of benzene rings is 2. The lowest BCUT2D eigenvalue weighted by atomic mass is 10.1. The minimum absolute atomic E-state index is 0.753. The smallest absolute Gasteiger partial charge is 0.142 e. The van der Waals surface area contributed by atoms with Crippen LogP contribution in [-0.4, -0.2) is 6.61 Å². The van der Waals surface area contributed by atoms with Crippen molar-refractivity contribution in [3.05, 3.63) is 36.4 Å². The molecule has 18 heavy (non-hydrogen) atoms. The summed E-state index contributed by atoms with van der Waals surface area (Å²) < 4.78 is 5.77. The van der Waals surface area contributed by atoms with Gasteiger partial charge in [0.05, 0.1) is 12.3 Å². The molecule has 0 spiro atoms. The molecule has 2 nitrogen and oxygen atoms in total. The fraction of sp³-hybridized carbons (Fsp3) is 0.375. The third-order valence-electron chi connectivity index (χ3n) is 3.19. The molecule has 0 fully saturated rings. The predicted octanol–water partition coefficient (Wildman–Crippen LogP) is 4.38. The van der Waals surface area contributed by atoms with Crippen molar-refractivity contribution >= 4 is 16.5 Å². The molecule has 2 heteroatoms. The van der Waals surface area contributed by atoms with E-state index in [1.807, 2.05) is 24.3 Å². The second-order valence-electron chi connectivity index (χ2n) is 4.61. The molecule has 0 bridgehead atoms. The average molecular weight is 243 g/mol. The van der Waals surface area contributed by atoms with E-state index in [4.69, 9.17) is 10.5 Å². The monoisotopic (exact) mass is 243 g/mol. The maximum Gasteiger partial charge on any atom is 0.142 e. The van der Waals surface area contributed by atoms with Crippen LogP contribution in [0, 0.1) is 0 Å². The Labute approximate surface area is 109 Å². The molecule has 2 aromatic rings. The van der Waals surface area contributed by atoms with Crippen molar-refractivity contribution in [1.82, 2.24) is 0 Å². The Kier molecular flexibility index (Phi) is 4.46. The third-order valence-corrected chi connectivity index (χ3v) is 3.19. The van der Waals surface area contributed by atoms with Gasteiger partial charge in [-0.05, 0) is 17.9 Å². The lowest BCUT2D eigenvalue weighted by Gasteiger charge is -2.11. The lowest BCUT2D eigenvalue weighted by Crippen LogP contribution is -2.00. The number of hydrogen-bond donors (Lipinski definition) is 1. The molecule has 0 aliphatic carbocycles. The molecule has 0 aliphatic heterocycles. The van der Waals surface area contributed by atoms with Crippen molar-refractivity contribution in [2.75, 3.05) is 12.3 Å². The van der Waals surface area contributed by atoms with Crippen LogP contribution in [0.2, 0.25) is 0 Å². The van der Waals surface area contributed by atoms with Gasteiger partial charge in [0.2, 0.25) is 0 Å². The maximum atomic E-state index is 6.13. The number of unbranched alkanes of at least 4 members (excludes halogenated alkanes) is 3. The maximum absolute atomic E-state index is 6.13. The molecule has 0 unspecified atom stereocenters. The molecule has 0 aliphatic rings. The van der Waals surface area contributed by atoms with Crippen LogP contribution in [0.3, 0.4) is 0 Å². The van der Waals surface area contributed by atoms with Crippen LogP contribution in [0.15, 0.2) is 36.4 Å². The van der Waals surface area contributed by atoms with Crippen LogP contribution >= 0.6 is 0 Å². The summed E-state index contributed by atoms with van der Waals surface area (Å²) in [6, 6.07) is 12.2. The third kappa shape index (κ3) is 2.95. The van der Waals surface area contributed by atoms with Gasteiger partial charge in [-0.25, -0.2) is 0 Å². The Morgan fingerprint density at radius 3 is 2.67 bits per heavy atom. The predicted molar refractivity (Wildman–Crippen MR) is 78.0 cm³/mol. The van der Waals surface area contributed by atoms with Crippen LogP contribution < -0.4 is 10.5 Å². The van der Waals surface area contributed by atoms with Gasteiger partial charge in [0.1, 0.15) is 5.75 Å². The number of ether oxygens (including phenoxy) is 1. The Morgan fingerprint density at radius 1 is 1.00 bits per heavy atom. The summed E-state index contributed by atoms with van der Waals surface area (Å²) in [6.45, 7) is 2.96. The van der Waals surface area contributed by atoms with Crippen LogP contribution in [0.25, 0.3) is 10.8 Å². The van der Waals surface area contributed by atoms with Crippen molar-refractivity contribution in [2.24, 2.45) is 0 Å². The number of anilines is 1. The van der Waals surface area contributed by atoms with Gasteiger partial charge in [0, 0.05) is 5.39 Å². The fourth-order valence-electron chi connectivity index (χ4n) is 2.11. The fourth-order valence-corrected chi connectivity index (χ4v) is 2.11. The molecule has 0 radical (unpaired) electrons. The van der Waals surface area contributed by atoms with Crippen LogP contribution in [0.1, 0.15) is 32.6 Å². The highest BCUT2D eigenvalue weighted by atomic mass is 16.5. The van der Waals surface area contributed by atoms with E-state index >= 15 is 0 Å². The van der Waals surface area contributed by atoms with E-state index in [9.17, 15) is 0 Å². The Balaban J connectivity index is 2.03. The van der Waals surface area contributed by atoms with Crippen molar-refractivity contribution in [3.8, 4) is 5.75 Å². The summed E-state index contributed by atoms with van der Waals surface area (Å²) in [7, 11) is 0. The second kappa shape index (κ2) is 6.29. The first kappa shape index (κ1) is 12.7. The summed E-state index contributed by atoms with van der Waals surface area (Å²) in [5.41, 5.74) is 6.89. The molecule has 0 saturated heterocycles. The number of hydrogen-bond acceptors (Lipinski definition) is 2. The lowest BCUT2D eigenvalue weighted by molar-refractivity contribution is 0.307. The number of fused-ring (bicyclic) bond motifs is 1. The van der Waals surface area contributed by atoms with Gasteiger partial charge >= 0.3 is 0 Å². The first-order valence-corrected chi connectivity index (χ1v) is 6.73. The standard InChI is InChI=1S/C16H21NO/c1-2-3-4-7-12-18-15-11-10-13-8-5-6-9-14(13)16(15)17/h5-6,8-11H,2-4,7,12,17H2,1H3. The van der Waals surface area contributed by atoms with E-state index in [0.29, 0.717) is 0 Å². The van der Waals surface area contributed by atoms with E-state index in [0.717, 1.165) is 35.2 Å². The zero-order valence-electron chi connectivity index (χ0n) is 11.0. The summed E-state index contributed by atoms with van der Waals surface area (Å²) in [6.07, 6.45) is 4.85. The molecule has 0 atom stereocenters. The van der Waals surface area contributed by atoms with Crippen LogP contribution in [0.5, 0.6) is 5.75 Å². The summed E-state index contributed by atoms with van der Waals surface area (Å²) in [5, 5.41) is 2.23. The van der Waals surface area contributed by atoms with Gasteiger partial charge < -0.3 is 10.5 Å². The Morgan fingerprint density at radius 2 is 1.83 bits per heavy atom. The minimum Gasteiger partial charge on any atom is -0.491 e. The molecule has 2 N–H and O–H groups in total. The molecule has 0 amide bonds. The quantitative estimate of drug-likeness (QED) is 0.603. The zero-order valence-corrected chi connectivity index (χ0v) is 11.0. The van der Waals surface area contributed by atoms with E-state index in [2.05, 4.69) is 19.1 Å². The minimum atomic E-state index is 0.753. The van der Waals surface area contributed by atoms with E-state index in [1.54, 1.807) is 0 Å². The molecule has 96 valence electrons. The summed E-state index contributed by atoms with van der Waals surface area (Å²) in [5.74, 6) is 0.810. The van der Waals surface area contributed by atoms with Gasteiger partial charge in [0.15, 0.2) is 0 Å². The van der Waals surface area contributed by atoms with Crippen molar-refractivity contribution in [3.63, 3.8) is 0 Å². The normalized spacial score (nSPS) is 10.7. The summed E-state index contributed by atoms with van der Waals surface area (Å²) in [4.78, 5) is 0. The highest BCUT2D eigenvalue weighted by Gasteiger charge is 2.04. The zero-order chi connectivity index (χ0) is 12.8. The highest BCUT2D eigenvalue weighted by molar-refractivity contribution is 5.95. The molecule has 2 rings (SSSR count). The Hall–Kier alpha value is -1.70. The molecular weight excluding hydrogens is 222 g/mol. The largest absolute Gasteiger partial charge is 0.491 e. The SMILES string of the molecule is CCCCCCOc1ccc2ccccc2c1N. The Bertz CT molecular complexity index is 507. The van der Waals surface area contributed by atoms with E-state index in [-0.39, 0.29) is 0 Å². The van der Waals surface area contributed by atoms with Crippen molar-refractivity contribution < 1.29 is 4.74 Å². The van der Waals surface area contributed by atoms with Gasteiger partial charge in [-0.3, -0.25) is 0 Å². The number of nitrogen functional groups attached to an aromatic ring is 1. The molecule has 0 heterocycles. The van der Waals surface area contributed by atoms with Crippen LogP contribution in [0.4, 0.5) is 5.69 Å².